The highest BCUT2D eigenvalue weighted by molar-refractivity contribution is 7.16. The van der Waals surface area contributed by atoms with E-state index < -0.39 is 0 Å². The molecular formula is C8H6N4S. The van der Waals surface area contributed by atoms with Crippen LogP contribution in [0.25, 0.3) is 21.1 Å². The van der Waals surface area contributed by atoms with Gasteiger partial charge in [-0.3, -0.25) is 5.10 Å². The molecule has 2 heterocycles. The SMILES string of the molecule is Nc1n[nH]c2cc3ncsc3cc12. The number of H-pyrrole nitrogens is 1. The van der Waals surface area contributed by atoms with Gasteiger partial charge in [-0.15, -0.1) is 11.3 Å². The van der Waals surface area contributed by atoms with Gasteiger partial charge in [-0.2, -0.15) is 5.10 Å². The number of aromatic amines is 1. The monoisotopic (exact) mass is 190 g/mol. The van der Waals surface area contributed by atoms with E-state index >= 15 is 0 Å². The lowest BCUT2D eigenvalue weighted by Gasteiger charge is -1.89. The van der Waals surface area contributed by atoms with Gasteiger partial charge in [0.1, 0.15) is 0 Å². The zero-order chi connectivity index (χ0) is 8.84. The summed E-state index contributed by atoms with van der Waals surface area (Å²) in [5.41, 5.74) is 9.43. The molecule has 0 aliphatic heterocycles. The van der Waals surface area contributed by atoms with E-state index in [-0.39, 0.29) is 0 Å². The van der Waals surface area contributed by atoms with Crippen LogP contribution in [0.3, 0.4) is 0 Å². The first-order valence-electron chi connectivity index (χ1n) is 3.81. The summed E-state index contributed by atoms with van der Waals surface area (Å²) in [4.78, 5) is 4.21. The lowest BCUT2D eigenvalue weighted by atomic mass is 10.2. The maximum absolute atomic E-state index is 5.68. The first kappa shape index (κ1) is 6.85. The molecule has 0 aliphatic carbocycles. The van der Waals surface area contributed by atoms with Crippen LogP contribution in [0, 0.1) is 0 Å². The van der Waals surface area contributed by atoms with Gasteiger partial charge in [-0.25, -0.2) is 4.98 Å². The van der Waals surface area contributed by atoms with Crippen molar-refractivity contribution < 1.29 is 0 Å². The summed E-state index contributed by atoms with van der Waals surface area (Å²) in [7, 11) is 0. The van der Waals surface area contributed by atoms with E-state index in [0.29, 0.717) is 5.82 Å². The molecule has 5 heteroatoms. The van der Waals surface area contributed by atoms with Crippen molar-refractivity contribution in [3.8, 4) is 0 Å². The second-order valence-electron chi connectivity index (χ2n) is 2.83. The number of aromatic nitrogens is 3. The molecule has 0 spiro atoms. The fraction of sp³-hybridized carbons (Fsp3) is 0. The van der Waals surface area contributed by atoms with Crippen LogP contribution in [0.2, 0.25) is 0 Å². The Bertz CT molecular complexity index is 580. The molecule has 0 unspecified atom stereocenters. The zero-order valence-corrected chi connectivity index (χ0v) is 7.43. The average Bonchev–Trinajstić information content (AvgIpc) is 2.70. The standard InChI is InChI=1S/C8H6N4S/c9-8-4-1-7-6(10-3-13-7)2-5(4)11-12-8/h1-3H,(H3,9,11,12). The molecule has 0 saturated carbocycles. The van der Waals surface area contributed by atoms with E-state index in [4.69, 9.17) is 5.73 Å². The number of nitrogens with two attached hydrogens (primary N) is 1. The van der Waals surface area contributed by atoms with Crippen LogP contribution in [-0.4, -0.2) is 15.2 Å². The minimum Gasteiger partial charge on any atom is -0.382 e. The molecule has 0 bridgehead atoms. The molecule has 0 amide bonds. The van der Waals surface area contributed by atoms with Crippen molar-refractivity contribution in [1.29, 1.82) is 0 Å². The Hall–Kier alpha value is -1.62. The Balaban J connectivity index is 2.59. The normalized spacial score (nSPS) is 11.4. The van der Waals surface area contributed by atoms with E-state index in [2.05, 4.69) is 15.2 Å². The molecule has 1 aromatic carbocycles. The Morgan fingerprint density at radius 2 is 2.31 bits per heavy atom. The summed E-state index contributed by atoms with van der Waals surface area (Å²) in [6, 6.07) is 3.98. The highest BCUT2D eigenvalue weighted by atomic mass is 32.1. The summed E-state index contributed by atoms with van der Waals surface area (Å²) in [5.74, 6) is 0.547. The molecule has 3 rings (SSSR count). The highest BCUT2D eigenvalue weighted by Gasteiger charge is 2.04. The van der Waals surface area contributed by atoms with Crippen LogP contribution in [0.5, 0.6) is 0 Å². The van der Waals surface area contributed by atoms with Crippen molar-refractivity contribution >= 4 is 38.3 Å². The number of nitrogens with one attached hydrogen (secondary N) is 1. The van der Waals surface area contributed by atoms with Crippen LogP contribution in [-0.2, 0) is 0 Å². The van der Waals surface area contributed by atoms with Gasteiger partial charge in [-0.1, -0.05) is 0 Å². The van der Waals surface area contributed by atoms with Crippen LogP contribution in [0.1, 0.15) is 0 Å². The second kappa shape index (κ2) is 2.20. The average molecular weight is 190 g/mol. The van der Waals surface area contributed by atoms with Crippen molar-refractivity contribution in [1.82, 2.24) is 15.2 Å². The van der Waals surface area contributed by atoms with E-state index in [1.54, 1.807) is 11.3 Å². The smallest absolute Gasteiger partial charge is 0.153 e. The minimum absolute atomic E-state index is 0.547. The minimum atomic E-state index is 0.547. The summed E-state index contributed by atoms with van der Waals surface area (Å²) in [6.07, 6.45) is 0. The molecule has 0 atom stereocenters. The van der Waals surface area contributed by atoms with Crippen LogP contribution in [0.15, 0.2) is 17.6 Å². The summed E-state index contributed by atoms with van der Waals surface area (Å²) in [6.45, 7) is 0. The molecule has 0 radical (unpaired) electrons. The van der Waals surface area contributed by atoms with Gasteiger partial charge in [0.2, 0.25) is 0 Å². The second-order valence-corrected chi connectivity index (χ2v) is 3.71. The quantitative estimate of drug-likeness (QED) is 0.567. The number of hydrogen-bond acceptors (Lipinski definition) is 4. The van der Waals surface area contributed by atoms with Gasteiger partial charge in [0.25, 0.3) is 0 Å². The third-order valence-corrected chi connectivity index (χ3v) is 2.84. The predicted molar refractivity (Wildman–Crippen MR) is 53.7 cm³/mol. The number of rotatable bonds is 0. The molecule has 64 valence electrons. The number of nitrogen functional groups attached to an aromatic ring is 1. The van der Waals surface area contributed by atoms with Crippen molar-refractivity contribution in [3.63, 3.8) is 0 Å². The van der Waals surface area contributed by atoms with Gasteiger partial charge in [0.05, 0.1) is 21.2 Å². The number of anilines is 1. The third-order valence-electron chi connectivity index (χ3n) is 2.04. The third kappa shape index (κ3) is 0.844. The zero-order valence-electron chi connectivity index (χ0n) is 6.61. The molecule has 0 fully saturated rings. The maximum atomic E-state index is 5.68. The van der Waals surface area contributed by atoms with Crippen molar-refractivity contribution in [2.75, 3.05) is 5.73 Å². The topological polar surface area (TPSA) is 67.6 Å². The molecule has 13 heavy (non-hydrogen) atoms. The Kier molecular flexibility index (Phi) is 1.16. The molecule has 4 nitrogen and oxygen atoms in total. The lowest BCUT2D eigenvalue weighted by molar-refractivity contribution is 1.13. The van der Waals surface area contributed by atoms with Gasteiger partial charge in [0.15, 0.2) is 5.82 Å². The summed E-state index contributed by atoms with van der Waals surface area (Å²) >= 11 is 1.61. The van der Waals surface area contributed by atoms with E-state index in [9.17, 15) is 0 Å². The molecule has 3 N–H and O–H groups in total. The van der Waals surface area contributed by atoms with E-state index in [0.717, 1.165) is 21.1 Å². The number of fused-ring (bicyclic) bond motifs is 2. The molecule has 2 aromatic heterocycles. The fourth-order valence-electron chi connectivity index (χ4n) is 1.39. The predicted octanol–water partition coefficient (Wildman–Crippen LogP) is 1.75. The van der Waals surface area contributed by atoms with Gasteiger partial charge in [-0.05, 0) is 12.1 Å². The van der Waals surface area contributed by atoms with Crippen molar-refractivity contribution in [2.45, 2.75) is 0 Å². The van der Waals surface area contributed by atoms with Crippen molar-refractivity contribution in [2.24, 2.45) is 0 Å². The number of benzene rings is 1. The Labute approximate surface area is 77.4 Å². The number of nitrogens with zero attached hydrogens (tertiary/aromatic N) is 2. The number of thiazole rings is 1. The van der Waals surface area contributed by atoms with Gasteiger partial charge >= 0.3 is 0 Å². The first-order chi connectivity index (χ1) is 6.34. The molecule has 0 saturated heterocycles. The van der Waals surface area contributed by atoms with Crippen molar-refractivity contribution in [3.05, 3.63) is 17.6 Å². The summed E-state index contributed by atoms with van der Waals surface area (Å²) < 4.78 is 1.14. The fourth-order valence-corrected chi connectivity index (χ4v) is 2.09. The summed E-state index contributed by atoms with van der Waals surface area (Å²) in [5, 5.41) is 7.76. The molecule has 3 aromatic rings. The Morgan fingerprint density at radius 3 is 3.23 bits per heavy atom. The first-order valence-corrected chi connectivity index (χ1v) is 4.69. The largest absolute Gasteiger partial charge is 0.382 e. The lowest BCUT2D eigenvalue weighted by Crippen LogP contribution is -1.83. The van der Waals surface area contributed by atoms with E-state index in [1.807, 2.05) is 17.6 Å². The number of hydrogen-bond donors (Lipinski definition) is 2. The molecule has 0 aliphatic rings. The van der Waals surface area contributed by atoms with E-state index in [1.165, 1.54) is 0 Å². The highest BCUT2D eigenvalue weighted by Crippen LogP contribution is 2.26. The molecular weight excluding hydrogens is 184 g/mol. The van der Waals surface area contributed by atoms with Crippen LogP contribution >= 0.6 is 11.3 Å². The van der Waals surface area contributed by atoms with Gasteiger partial charge in [0, 0.05) is 5.39 Å². The van der Waals surface area contributed by atoms with Gasteiger partial charge < -0.3 is 5.73 Å². The Morgan fingerprint density at radius 1 is 1.38 bits per heavy atom. The van der Waals surface area contributed by atoms with Crippen LogP contribution < -0.4 is 5.73 Å². The van der Waals surface area contributed by atoms with Crippen LogP contribution in [0.4, 0.5) is 5.82 Å². The maximum Gasteiger partial charge on any atom is 0.153 e.